The zero-order valence-corrected chi connectivity index (χ0v) is 6.59. The molecule has 1 aliphatic rings. The average Bonchev–Trinajstić information content (AvgIpc) is 2.86. The maximum absolute atomic E-state index is 13.0. The molecule has 0 unspecified atom stereocenters. The van der Waals surface area contributed by atoms with Gasteiger partial charge >= 0.3 is 0 Å². The summed E-state index contributed by atoms with van der Waals surface area (Å²) >= 11 is 0. The molecular weight excluding hydrogens is 155 g/mol. The summed E-state index contributed by atoms with van der Waals surface area (Å²) in [5.74, 6) is -0.329. The van der Waals surface area contributed by atoms with Gasteiger partial charge in [0, 0.05) is 5.92 Å². The molecule has 0 radical (unpaired) electrons. The Morgan fingerprint density at radius 3 is 2.58 bits per heavy atom. The Balaban J connectivity index is 2.32. The third-order valence-electron chi connectivity index (χ3n) is 2.09. The van der Waals surface area contributed by atoms with Gasteiger partial charge in [0.2, 0.25) is 0 Å². The second-order valence-corrected chi connectivity index (χ2v) is 3.12. The predicted octanol–water partition coefficient (Wildman–Crippen LogP) is 2.42. The fourth-order valence-electron chi connectivity index (χ4n) is 1.23. The zero-order chi connectivity index (χ0) is 8.55. The van der Waals surface area contributed by atoms with Crippen LogP contribution < -0.4 is 0 Å². The number of Topliss-reactive ketones (excluding diaryl/α,β-unsaturated/α-hetero) is 1. The van der Waals surface area contributed by atoms with E-state index < -0.39 is 5.82 Å². The lowest BCUT2D eigenvalue weighted by Crippen LogP contribution is -2.03. The maximum atomic E-state index is 13.0. The Morgan fingerprint density at radius 2 is 2.00 bits per heavy atom. The van der Waals surface area contributed by atoms with Crippen LogP contribution in [0, 0.1) is 11.7 Å². The van der Waals surface area contributed by atoms with Crippen LogP contribution in [0.5, 0.6) is 0 Å². The molecule has 0 saturated heterocycles. The summed E-state index contributed by atoms with van der Waals surface area (Å²) in [5.41, 5.74) is 0.250. The fourth-order valence-corrected chi connectivity index (χ4v) is 1.23. The number of hydrogen-bond acceptors (Lipinski definition) is 1. The van der Waals surface area contributed by atoms with E-state index in [1.54, 1.807) is 18.2 Å². The van der Waals surface area contributed by atoms with E-state index >= 15 is 0 Å². The van der Waals surface area contributed by atoms with Gasteiger partial charge in [-0.05, 0) is 25.0 Å². The molecule has 0 atom stereocenters. The van der Waals surface area contributed by atoms with Crippen molar-refractivity contribution in [2.45, 2.75) is 12.8 Å². The van der Waals surface area contributed by atoms with Gasteiger partial charge < -0.3 is 0 Å². The molecule has 0 amide bonds. The molecule has 1 aromatic carbocycles. The van der Waals surface area contributed by atoms with Crippen molar-refractivity contribution in [2.75, 3.05) is 0 Å². The van der Waals surface area contributed by atoms with Gasteiger partial charge in [0.1, 0.15) is 5.82 Å². The predicted molar refractivity (Wildman–Crippen MR) is 43.5 cm³/mol. The van der Waals surface area contributed by atoms with Gasteiger partial charge in [-0.15, -0.1) is 0 Å². The van der Waals surface area contributed by atoms with Gasteiger partial charge in [-0.25, -0.2) is 4.39 Å². The molecule has 1 aromatic rings. The number of benzene rings is 1. The lowest BCUT2D eigenvalue weighted by atomic mass is 10.1. The van der Waals surface area contributed by atoms with Crippen LogP contribution in [0.25, 0.3) is 0 Å². The molecule has 1 fully saturated rings. The Hall–Kier alpha value is -1.18. The summed E-state index contributed by atoms with van der Waals surface area (Å²) < 4.78 is 13.0. The zero-order valence-electron chi connectivity index (χ0n) is 6.59. The number of ketones is 1. The van der Waals surface area contributed by atoms with Crippen molar-refractivity contribution in [3.05, 3.63) is 35.6 Å². The van der Waals surface area contributed by atoms with Crippen LogP contribution in [0.1, 0.15) is 23.2 Å². The molecule has 1 saturated carbocycles. The summed E-state index contributed by atoms with van der Waals surface area (Å²) in [4.78, 5) is 11.4. The first-order valence-corrected chi connectivity index (χ1v) is 4.08. The van der Waals surface area contributed by atoms with Crippen molar-refractivity contribution in [3.63, 3.8) is 0 Å². The molecule has 0 bridgehead atoms. The van der Waals surface area contributed by atoms with Crippen LogP contribution in [0.4, 0.5) is 4.39 Å². The van der Waals surface area contributed by atoms with Crippen LogP contribution >= 0.6 is 0 Å². The fraction of sp³-hybridized carbons (Fsp3) is 0.300. The normalized spacial score (nSPS) is 16.1. The first-order valence-electron chi connectivity index (χ1n) is 4.08. The summed E-state index contributed by atoms with van der Waals surface area (Å²) in [5, 5.41) is 0. The summed E-state index contributed by atoms with van der Waals surface area (Å²) in [6.07, 6.45) is 1.85. The van der Waals surface area contributed by atoms with E-state index in [1.165, 1.54) is 6.07 Å². The minimum atomic E-state index is -0.394. The highest BCUT2D eigenvalue weighted by atomic mass is 19.1. The quantitative estimate of drug-likeness (QED) is 0.613. The molecule has 0 aromatic heterocycles. The SMILES string of the molecule is O=C(c1ccccc1F)C1CC1. The minimum absolute atomic E-state index is 0.0342. The molecule has 62 valence electrons. The number of carbonyl (C=O) groups is 1. The molecule has 2 rings (SSSR count). The second-order valence-electron chi connectivity index (χ2n) is 3.12. The molecule has 0 N–H and O–H groups in total. The first-order chi connectivity index (χ1) is 5.79. The van der Waals surface area contributed by atoms with Crippen LogP contribution in [0.2, 0.25) is 0 Å². The molecule has 1 aliphatic carbocycles. The van der Waals surface area contributed by atoms with Crippen LogP contribution in [-0.2, 0) is 0 Å². The largest absolute Gasteiger partial charge is 0.294 e. The molecular formula is C10H9FO. The summed E-state index contributed by atoms with van der Waals surface area (Å²) in [6, 6.07) is 6.17. The molecule has 1 nitrogen and oxygen atoms in total. The van der Waals surface area contributed by atoms with Crippen LogP contribution in [0.15, 0.2) is 24.3 Å². The van der Waals surface area contributed by atoms with Crippen molar-refractivity contribution in [1.82, 2.24) is 0 Å². The van der Waals surface area contributed by atoms with E-state index in [4.69, 9.17) is 0 Å². The molecule has 2 heteroatoms. The second kappa shape index (κ2) is 2.70. The topological polar surface area (TPSA) is 17.1 Å². The highest BCUT2D eigenvalue weighted by Gasteiger charge is 2.31. The Kier molecular flexibility index (Phi) is 1.68. The number of halogens is 1. The monoisotopic (exact) mass is 164 g/mol. The van der Waals surface area contributed by atoms with E-state index in [-0.39, 0.29) is 17.3 Å². The third-order valence-corrected chi connectivity index (χ3v) is 2.09. The molecule has 0 heterocycles. The van der Waals surface area contributed by atoms with Crippen molar-refractivity contribution in [2.24, 2.45) is 5.92 Å². The standard InChI is InChI=1S/C10H9FO/c11-9-4-2-1-3-8(9)10(12)7-5-6-7/h1-4,7H,5-6H2. The van der Waals surface area contributed by atoms with E-state index in [1.807, 2.05) is 0 Å². The van der Waals surface area contributed by atoms with Gasteiger partial charge in [-0.2, -0.15) is 0 Å². The van der Waals surface area contributed by atoms with Crippen molar-refractivity contribution in [1.29, 1.82) is 0 Å². The molecule has 0 spiro atoms. The van der Waals surface area contributed by atoms with Crippen molar-refractivity contribution >= 4 is 5.78 Å². The van der Waals surface area contributed by atoms with E-state index in [2.05, 4.69) is 0 Å². The Labute approximate surface area is 70.2 Å². The van der Waals surface area contributed by atoms with Crippen LogP contribution in [0.3, 0.4) is 0 Å². The Bertz CT molecular complexity index is 315. The lowest BCUT2D eigenvalue weighted by molar-refractivity contribution is 0.0963. The lowest BCUT2D eigenvalue weighted by Gasteiger charge is -1.98. The van der Waals surface area contributed by atoms with Gasteiger partial charge in [0.15, 0.2) is 5.78 Å². The molecule has 0 aliphatic heterocycles. The van der Waals surface area contributed by atoms with E-state index in [9.17, 15) is 9.18 Å². The van der Waals surface area contributed by atoms with Crippen molar-refractivity contribution < 1.29 is 9.18 Å². The minimum Gasteiger partial charge on any atom is -0.294 e. The molecule has 12 heavy (non-hydrogen) atoms. The Morgan fingerprint density at radius 1 is 1.33 bits per heavy atom. The summed E-state index contributed by atoms with van der Waals surface area (Å²) in [6.45, 7) is 0. The van der Waals surface area contributed by atoms with Crippen molar-refractivity contribution in [3.8, 4) is 0 Å². The highest BCUT2D eigenvalue weighted by molar-refractivity contribution is 5.99. The van der Waals surface area contributed by atoms with Gasteiger partial charge in [0.05, 0.1) is 5.56 Å². The highest BCUT2D eigenvalue weighted by Crippen LogP contribution is 2.33. The number of rotatable bonds is 2. The van der Waals surface area contributed by atoms with Gasteiger partial charge in [-0.3, -0.25) is 4.79 Å². The van der Waals surface area contributed by atoms with Gasteiger partial charge in [-0.1, -0.05) is 12.1 Å². The average molecular weight is 164 g/mol. The third kappa shape index (κ3) is 1.24. The summed E-state index contributed by atoms with van der Waals surface area (Å²) in [7, 11) is 0. The first kappa shape index (κ1) is 7.47. The van der Waals surface area contributed by atoms with E-state index in [0.717, 1.165) is 12.8 Å². The van der Waals surface area contributed by atoms with Gasteiger partial charge in [0.25, 0.3) is 0 Å². The van der Waals surface area contributed by atoms with E-state index in [0.29, 0.717) is 0 Å². The smallest absolute Gasteiger partial charge is 0.168 e. The number of hydrogen-bond donors (Lipinski definition) is 0. The maximum Gasteiger partial charge on any atom is 0.168 e. The van der Waals surface area contributed by atoms with Crippen LogP contribution in [-0.4, -0.2) is 5.78 Å². The number of carbonyl (C=O) groups excluding carboxylic acids is 1.